The average Bonchev–Trinajstić information content (AvgIpc) is 3.03. The lowest BCUT2D eigenvalue weighted by atomic mass is 9.99. The maximum Gasteiger partial charge on any atom is 0.308 e. The van der Waals surface area contributed by atoms with Crippen LogP contribution in [0, 0.1) is 11.8 Å². The molecule has 1 aromatic carbocycles. The number of rotatable bonds is 8. The van der Waals surface area contributed by atoms with Crippen LogP contribution in [-0.2, 0) is 14.8 Å². The zero-order valence-electron chi connectivity index (χ0n) is 16.1. The Hall–Kier alpha value is -1.93. The highest BCUT2D eigenvalue weighted by Gasteiger charge is 2.37. The maximum atomic E-state index is 12.8. The summed E-state index contributed by atoms with van der Waals surface area (Å²) in [4.78, 5) is 25.6. The van der Waals surface area contributed by atoms with Crippen molar-refractivity contribution < 1.29 is 23.1 Å². The Morgan fingerprint density at radius 1 is 1.11 bits per heavy atom. The summed E-state index contributed by atoms with van der Waals surface area (Å²) in [6.45, 7) is 7.16. The summed E-state index contributed by atoms with van der Waals surface area (Å²) in [6, 6.07) is 5.91. The monoisotopic (exact) mass is 396 g/mol. The molecule has 1 saturated heterocycles. The topological polar surface area (TPSA) is 95.0 Å². The highest BCUT2D eigenvalue weighted by atomic mass is 32.2. The van der Waals surface area contributed by atoms with Crippen LogP contribution in [-0.4, -0.2) is 60.8 Å². The molecule has 0 bridgehead atoms. The quantitative estimate of drug-likeness (QED) is 0.727. The normalized spacial score (nSPS) is 20.2. The number of carbonyl (C=O) groups is 2. The van der Waals surface area contributed by atoms with E-state index in [1.54, 1.807) is 0 Å². The molecule has 150 valence electrons. The van der Waals surface area contributed by atoms with Gasteiger partial charge in [-0.3, -0.25) is 9.59 Å². The van der Waals surface area contributed by atoms with Crippen LogP contribution in [0.15, 0.2) is 29.2 Å². The molecule has 1 N–H and O–H groups in total. The Morgan fingerprint density at radius 2 is 1.67 bits per heavy atom. The Balaban J connectivity index is 2.17. The fourth-order valence-electron chi connectivity index (χ4n) is 3.41. The molecular formula is C19H28N2O5S. The number of likely N-dealkylation sites (tertiary alicyclic amines) is 1. The third-order valence-electron chi connectivity index (χ3n) is 4.90. The molecule has 0 unspecified atom stereocenters. The van der Waals surface area contributed by atoms with Crippen LogP contribution >= 0.6 is 0 Å². The van der Waals surface area contributed by atoms with Crippen molar-refractivity contribution in [3.63, 3.8) is 0 Å². The summed E-state index contributed by atoms with van der Waals surface area (Å²) in [5.74, 6) is -1.84. The van der Waals surface area contributed by atoms with Crippen molar-refractivity contribution in [1.82, 2.24) is 9.21 Å². The molecule has 2 atom stereocenters. The molecule has 2 rings (SSSR count). The number of sulfonamides is 1. The summed E-state index contributed by atoms with van der Waals surface area (Å²) in [7, 11) is -3.58. The number of nitrogens with zero attached hydrogens (tertiary/aromatic N) is 2. The summed E-state index contributed by atoms with van der Waals surface area (Å²) in [6.07, 6.45) is 1.46. The third-order valence-corrected chi connectivity index (χ3v) is 6.81. The number of hydrogen-bond donors (Lipinski definition) is 1. The SMILES string of the molecule is CCCN(CCC)S(=O)(=O)c1ccc(C(=O)N2C[C@@H](C)[C@H](C(=O)O)C2)cc1. The number of carboxylic acids is 1. The molecule has 1 aromatic rings. The van der Waals surface area contributed by atoms with Crippen LogP contribution in [0.5, 0.6) is 0 Å². The second-order valence-corrected chi connectivity index (χ2v) is 9.00. The number of carboxylic acid groups (broad SMARTS) is 1. The summed E-state index contributed by atoms with van der Waals surface area (Å²) in [5.41, 5.74) is 0.365. The molecule has 0 radical (unpaired) electrons. The fraction of sp³-hybridized carbons (Fsp3) is 0.579. The van der Waals surface area contributed by atoms with E-state index in [2.05, 4.69) is 0 Å². The van der Waals surface area contributed by atoms with Gasteiger partial charge in [-0.1, -0.05) is 20.8 Å². The lowest BCUT2D eigenvalue weighted by molar-refractivity contribution is -0.142. The first-order chi connectivity index (χ1) is 12.7. The van der Waals surface area contributed by atoms with Gasteiger partial charge < -0.3 is 10.0 Å². The maximum absolute atomic E-state index is 12.8. The van der Waals surface area contributed by atoms with Gasteiger partial charge in [0, 0.05) is 31.7 Å². The van der Waals surface area contributed by atoms with Crippen LogP contribution in [0.2, 0.25) is 0 Å². The van der Waals surface area contributed by atoms with E-state index in [0.717, 1.165) is 12.8 Å². The molecule has 1 heterocycles. The molecule has 0 aromatic heterocycles. The summed E-state index contributed by atoms with van der Waals surface area (Å²) < 4.78 is 27.0. The number of amides is 1. The Bertz CT molecular complexity index is 770. The first-order valence-electron chi connectivity index (χ1n) is 9.34. The van der Waals surface area contributed by atoms with E-state index in [4.69, 9.17) is 0 Å². The molecule has 7 nitrogen and oxygen atoms in total. The van der Waals surface area contributed by atoms with Gasteiger partial charge in [0.15, 0.2) is 0 Å². The van der Waals surface area contributed by atoms with Crippen molar-refractivity contribution in [1.29, 1.82) is 0 Å². The molecular weight excluding hydrogens is 368 g/mol. The van der Waals surface area contributed by atoms with Crippen molar-refractivity contribution in [3.8, 4) is 0 Å². The first-order valence-corrected chi connectivity index (χ1v) is 10.8. The molecule has 8 heteroatoms. The van der Waals surface area contributed by atoms with Crippen molar-refractivity contribution in [2.75, 3.05) is 26.2 Å². The first kappa shape index (κ1) is 21.4. The van der Waals surface area contributed by atoms with Gasteiger partial charge in [0.1, 0.15) is 0 Å². The molecule has 0 spiro atoms. The van der Waals surface area contributed by atoms with E-state index in [9.17, 15) is 23.1 Å². The van der Waals surface area contributed by atoms with Gasteiger partial charge in [-0.05, 0) is 43.0 Å². The fourth-order valence-corrected chi connectivity index (χ4v) is 5.03. The standard InChI is InChI=1S/C19H28N2O5S/c1-4-10-21(11-5-2)27(25,26)16-8-6-15(7-9-16)18(22)20-12-14(3)17(13-20)19(23)24/h6-9,14,17H,4-5,10-13H2,1-3H3,(H,23,24)/t14-,17-/m1/s1. The van der Waals surface area contributed by atoms with Gasteiger partial charge in [-0.2, -0.15) is 4.31 Å². The van der Waals surface area contributed by atoms with Gasteiger partial charge in [-0.25, -0.2) is 8.42 Å². The molecule has 1 fully saturated rings. The van der Waals surface area contributed by atoms with E-state index in [1.165, 1.54) is 33.5 Å². The van der Waals surface area contributed by atoms with Crippen molar-refractivity contribution in [2.45, 2.75) is 38.5 Å². The average molecular weight is 397 g/mol. The van der Waals surface area contributed by atoms with Crippen LogP contribution in [0.4, 0.5) is 0 Å². The third kappa shape index (κ3) is 4.68. The number of aliphatic carboxylic acids is 1. The zero-order chi connectivity index (χ0) is 20.2. The van der Waals surface area contributed by atoms with Crippen LogP contribution < -0.4 is 0 Å². The predicted octanol–water partition coefficient (Wildman–Crippen LogP) is 2.29. The minimum Gasteiger partial charge on any atom is -0.481 e. The van der Waals surface area contributed by atoms with E-state index in [0.29, 0.717) is 25.2 Å². The highest BCUT2D eigenvalue weighted by Crippen LogP contribution is 2.25. The minimum absolute atomic E-state index is 0.109. The van der Waals surface area contributed by atoms with Gasteiger partial charge in [0.05, 0.1) is 10.8 Å². The summed E-state index contributed by atoms with van der Waals surface area (Å²) >= 11 is 0. The van der Waals surface area contributed by atoms with Gasteiger partial charge in [0.2, 0.25) is 10.0 Å². The molecule has 1 aliphatic heterocycles. The van der Waals surface area contributed by atoms with Crippen molar-refractivity contribution >= 4 is 21.9 Å². The molecule has 0 saturated carbocycles. The van der Waals surface area contributed by atoms with Gasteiger partial charge in [0.25, 0.3) is 5.91 Å². The summed E-state index contributed by atoms with van der Waals surface area (Å²) in [5, 5.41) is 9.21. The molecule has 0 aliphatic carbocycles. The highest BCUT2D eigenvalue weighted by molar-refractivity contribution is 7.89. The van der Waals surface area contributed by atoms with E-state index in [1.807, 2.05) is 20.8 Å². The van der Waals surface area contributed by atoms with Crippen molar-refractivity contribution in [3.05, 3.63) is 29.8 Å². The van der Waals surface area contributed by atoms with Crippen LogP contribution in [0.1, 0.15) is 44.0 Å². The second kappa shape index (κ2) is 8.84. The van der Waals surface area contributed by atoms with Crippen LogP contribution in [0.25, 0.3) is 0 Å². The van der Waals surface area contributed by atoms with Gasteiger partial charge >= 0.3 is 5.97 Å². The predicted molar refractivity (Wildman–Crippen MR) is 102 cm³/mol. The lowest BCUT2D eigenvalue weighted by Crippen LogP contribution is -2.32. The number of carbonyl (C=O) groups excluding carboxylic acids is 1. The van der Waals surface area contributed by atoms with Gasteiger partial charge in [-0.15, -0.1) is 0 Å². The second-order valence-electron chi connectivity index (χ2n) is 7.06. The largest absolute Gasteiger partial charge is 0.481 e. The smallest absolute Gasteiger partial charge is 0.308 e. The van der Waals surface area contributed by atoms with E-state index >= 15 is 0 Å². The number of hydrogen-bond acceptors (Lipinski definition) is 4. The Labute approximate surface area is 161 Å². The van der Waals surface area contributed by atoms with Crippen molar-refractivity contribution in [2.24, 2.45) is 11.8 Å². The van der Waals surface area contributed by atoms with Crippen LogP contribution in [0.3, 0.4) is 0 Å². The molecule has 1 aliphatic rings. The van der Waals surface area contributed by atoms with E-state index < -0.39 is 21.9 Å². The minimum atomic E-state index is -3.58. The number of benzene rings is 1. The Morgan fingerprint density at radius 3 is 2.11 bits per heavy atom. The lowest BCUT2D eigenvalue weighted by Gasteiger charge is -2.21. The molecule has 1 amide bonds. The molecule has 27 heavy (non-hydrogen) atoms. The Kier molecular flexibility index (Phi) is 7.00. The van der Waals surface area contributed by atoms with E-state index in [-0.39, 0.29) is 23.3 Å². The zero-order valence-corrected chi connectivity index (χ0v) is 16.9.